The molecular formula is C27H30ClFN6O2. The van der Waals surface area contributed by atoms with Crippen LogP contribution in [0.25, 0.3) is 11.1 Å². The number of rotatable bonds is 10. The van der Waals surface area contributed by atoms with Crippen LogP contribution in [0.5, 0.6) is 0 Å². The van der Waals surface area contributed by atoms with Gasteiger partial charge in [-0.2, -0.15) is 0 Å². The minimum Gasteiger partial charge on any atom is -0.392 e. The van der Waals surface area contributed by atoms with Crippen LogP contribution < -0.4 is 10.6 Å². The molecule has 1 aliphatic heterocycles. The van der Waals surface area contributed by atoms with Gasteiger partial charge in [0.25, 0.3) is 5.91 Å². The summed E-state index contributed by atoms with van der Waals surface area (Å²) in [6.07, 6.45) is 7.00. The number of halogens is 2. The predicted octanol–water partition coefficient (Wildman–Crippen LogP) is 4.70. The monoisotopic (exact) mass is 524 g/mol. The highest BCUT2D eigenvalue weighted by Gasteiger charge is 2.33. The molecule has 3 heterocycles. The number of aromatic nitrogens is 2. The predicted molar refractivity (Wildman–Crippen MR) is 144 cm³/mol. The number of ether oxygens (including phenoxy) is 1. The molecule has 8 nitrogen and oxygen atoms in total. The molecule has 0 unspecified atom stereocenters. The van der Waals surface area contributed by atoms with Crippen molar-refractivity contribution >= 4 is 29.5 Å². The van der Waals surface area contributed by atoms with Crippen molar-refractivity contribution in [3.05, 3.63) is 82.3 Å². The summed E-state index contributed by atoms with van der Waals surface area (Å²) in [7, 11) is 3.35. The second kappa shape index (κ2) is 11.6. The van der Waals surface area contributed by atoms with Crippen LogP contribution >= 0.6 is 11.6 Å². The van der Waals surface area contributed by atoms with Gasteiger partial charge in [0.05, 0.1) is 23.4 Å². The number of nitrogens with zero attached hydrogens (tertiary/aromatic N) is 3. The van der Waals surface area contributed by atoms with Gasteiger partial charge in [-0.3, -0.25) is 4.79 Å². The molecule has 0 aliphatic carbocycles. The number of hydrogen-bond acceptors (Lipinski definition) is 6. The number of carbonyl (C=O) groups excluding carboxylic acids is 1. The van der Waals surface area contributed by atoms with Crippen molar-refractivity contribution < 1.29 is 13.9 Å². The van der Waals surface area contributed by atoms with Gasteiger partial charge in [-0.1, -0.05) is 24.6 Å². The van der Waals surface area contributed by atoms with Crippen molar-refractivity contribution in [2.75, 3.05) is 26.1 Å². The molecule has 0 bridgehead atoms. The Hall–Kier alpha value is -3.69. The number of amides is 1. The minimum absolute atomic E-state index is 0.155. The third-order valence-corrected chi connectivity index (χ3v) is 6.67. The third-order valence-electron chi connectivity index (χ3n) is 6.37. The first kappa shape index (κ1) is 26.4. The van der Waals surface area contributed by atoms with Crippen LogP contribution in [0.15, 0.2) is 54.6 Å². The maximum atomic E-state index is 14.1. The van der Waals surface area contributed by atoms with Crippen molar-refractivity contribution in [1.82, 2.24) is 19.8 Å². The van der Waals surface area contributed by atoms with Gasteiger partial charge in [0.15, 0.2) is 0 Å². The first-order valence-corrected chi connectivity index (χ1v) is 12.3. The lowest BCUT2D eigenvalue weighted by atomic mass is 10.0. The Morgan fingerprint density at radius 3 is 2.84 bits per heavy atom. The maximum absolute atomic E-state index is 14.1. The van der Waals surface area contributed by atoms with Crippen LogP contribution in [-0.4, -0.2) is 53.4 Å². The van der Waals surface area contributed by atoms with E-state index >= 15 is 0 Å². The van der Waals surface area contributed by atoms with Crippen LogP contribution in [0.2, 0.25) is 5.02 Å². The van der Waals surface area contributed by atoms with Crippen molar-refractivity contribution in [1.29, 1.82) is 5.41 Å². The normalized spacial score (nSPS) is 15.5. The number of nitrogens with one attached hydrogen (secondary N) is 3. The number of carbonyl (C=O) groups is 1. The lowest BCUT2D eigenvalue weighted by Gasteiger charge is -2.36. The Morgan fingerprint density at radius 1 is 1.32 bits per heavy atom. The average Bonchev–Trinajstić information content (AvgIpc) is 3.31. The second-order valence-corrected chi connectivity index (χ2v) is 9.19. The Kier molecular flexibility index (Phi) is 8.25. The number of benzene rings is 1. The molecule has 10 heteroatoms. The summed E-state index contributed by atoms with van der Waals surface area (Å²) in [6, 6.07) is 8.11. The second-order valence-electron chi connectivity index (χ2n) is 8.78. The Bertz CT molecular complexity index is 1340. The molecule has 4 rings (SSSR count). The van der Waals surface area contributed by atoms with Crippen LogP contribution in [-0.2, 0) is 24.2 Å². The zero-order chi connectivity index (χ0) is 26.5. The summed E-state index contributed by atoms with van der Waals surface area (Å²) in [6.45, 7) is 3.19. The van der Waals surface area contributed by atoms with E-state index < -0.39 is 0 Å². The quantitative estimate of drug-likeness (QED) is 0.334. The third kappa shape index (κ3) is 5.68. The molecule has 194 valence electrons. The highest BCUT2D eigenvalue weighted by molar-refractivity contribution is 6.33. The van der Waals surface area contributed by atoms with E-state index in [0.29, 0.717) is 47.5 Å². The molecule has 0 fully saturated rings. The summed E-state index contributed by atoms with van der Waals surface area (Å²) in [5.41, 5.74) is 4.32. The fourth-order valence-corrected chi connectivity index (χ4v) is 4.79. The topological polar surface area (TPSA) is 95.3 Å². The Morgan fingerprint density at radius 2 is 2.14 bits per heavy atom. The van der Waals surface area contributed by atoms with Crippen molar-refractivity contribution in [2.24, 2.45) is 0 Å². The lowest BCUT2D eigenvalue weighted by Crippen LogP contribution is -2.49. The molecule has 2 aromatic heterocycles. The zero-order valence-electron chi connectivity index (χ0n) is 21.0. The molecule has 0 spiro atoms. The zero-order valence-corrected chi connectivity index (χ0v) is 21.8. The first-order valence-electron chi connectivity index (χ1n) is 12.0. The van der Waals surface area contributed by atoms with Crippen molar-refractivity contribution in [3.63, 3.8) is 0 Å². The largest absolute Gasteiger partial charge is 0.392 e. The smallest absolute Gasteiger partial charge is 0.271 e. The fourth-order valence-electron chi connectivity index (χ4n) is 4.58. The van der Waals surface area contributed by atoms with Gasteiger partial charge < -0.3 is 30.2 Å². The van der Waals surface area contributed by atoms with Crippen molar-refractivity contribution in [3.8, 4) is 11.1 Å². The highest BCUT2D eigenvalue weighted by atomic mass is 35.5. The van der Waals surface area contributed by atoms with E-state index in [-0.39, 0.29) is 17.8 Å². The van der Waals surface area contributed by atoms with E-state index in [9.17, 15) is 9.18 Å². The average molecular weight is 525 g/mol. The van der Waals surface area contributed by atoms with Crippen molar-refractivity contribution in [2.45, 2.75) is 32.5 Å². The van der Waals surface area contributed by atoms with E-state index in [1.54, 1.807) is 37.4 Å². The number of hydrogen-bond donors (Lipinski definition) is 3. The van der Waals surface area contributed by atoms with Gasteiger partial charge in [0.1, 0.15) is 17.3 Å². The number of pyridine rings is 1. The lowest BCUT2D eigenvalue weighted by molar-refractivity contribution is 0.0387. The Balaban J connectivity index is 1.68. The molecule has 0 saturated carbocycles. The fraction of sp³-hybridized carbons (Fsp3) is 0.296. The molecule has 1 aromatic carbocycles. The van der Waals surface area contributed by atoms with Crippen LogP contribution in [0, 0.1) is 11.2 Å². The number of fused-ring (bicyclic) bond motifs is 1. The molecular weight excluding hydrogens is 495 g/mol. The maximum Gasteiger partial charge on any atom is 0.271 e. The van der Waals surface area contributed by atoms with Gasteiger partial charge in [-0.15, -0.1) is 0 Å². The highest BCUT2D eigenvalue weighted by Crippen LogP contribution is 2.33. The van der Waals surface area contributed by atoms with Gasteiger partial charge in [-0.25, -0.2) is 9.37 Å². The number of methoxy groups -OCH3 is 1. The molecule has 3 N–H and O–H groups in total. The van der Waals surface area contributed by atoms with Gasteiger partial charge in [0.2, 0.25) is 0 Å². The van der Waals surface area contributed by atoms with Crippen LogP contribution in [0.4, 0.5) is 10.2 Å². The van der Waals surface area contributed by atoms with E-state index in [1.165, 1.54) is 24.5 Å². The van der Waals surface area contributed by atoms with Crippen LogP contribution in [0.1, 0.15) is 28.5 Å². The van der Waals surface area contributed by atoms with E-state index in [1.807, 2.05) is 23.8 Å². The van der Waals surface area contributed by atoms with E-state index in [2.05, 4.69) is 15.6 Å². The van der Waals surface area contributed by atoms with E-state index in [4.69, 9.17) is 21.7 Å². The van der Waals surface area contributed by atoms with Gasteiger partial charge >= 0.3 is 0 Å². The summed E-state index contributed by atoms with van der Waals surface area (Å²) in [5.74, 6) is 0.0347. The molecule has 0 saturated heterocycles. The first-order chi connectivity index (χ1) is 17.9. The molecule has 1 aliphatic rings. The van der Waals surface area contributed by atoms with Gasteiger partial charge in [-0.05, 0) is 41.8 Å². The minimum atomic E-state index is -0.321. The molecule has 1 amide bonds. The number of allylic oxidation sites excluding steroid dienone is 1. The summed E-state index contributed by atoms with van der Waals surface area (Å²) in [5, 5.41) is 13.9. The SMILES string of the molecule is CCc1ccc(F)cc1CN1C(=O)c2cc(-c3cc(N/C(C=N)=C/NC)ncc3Cl)cn2C[C@@H]1COC. The van der Waals surface area contributed by atoms with Crippen LogP contribution in [0.3, 0.4) is 0 Å². The number of anilines is 1. The number of aryl methyl sites for hydroxylation is 1. The molecule has 37 heavy (non-hydrogen) atoms. The molecule has 1 atom stereocenters. The summed E-state index contributed by atoms with van der Waals surface area (Å²) < 4.78 is 21.4. The van der Waals surface area contributed by atoms with E-state index in [0.717, 1.165) is 23.1 Å². The van der Waals surface area contributed by atoms with Gasteiger partial charge in [0, 0.05) is 63.2 Å². The summed E-state index contributed by atoms with van der Waals surface area (Å²) >= 11 is 6.50. The summed E-state index contributed by atoms with van der Waals surface area (Å²) in [4.78, 5) is 19.8. The molecule has 0 radical (unpaired) electrons. The molecule has 3 aromatic rings. The Labute approximate surface area is 220 Å². The standard InChI is InChI=1S/C27H30ClFN6O2/c1-4-17-5-6-20(29)7-18(17)14-35-22(16-37-3)15-34-13-19(8-25(34)27(35)36)23-9-26(32-12-24(23)28)33-21(10-30)11-31-2/h5-13,22,30-31H,4,14-16H2,1-3H3,(H,32,33)/b21-11+,30-10?/t22-/m1/s1.